The van der Waals surface area contributed by atoms with Crippen LogP contribution in [0.25, 0.3) is 0 Å². The van der Waals surface area contributed by atoms with Crippen molar-refractivity contribution in [2.45, 2.75) is 32.7 Å². The maximum absolute atomic E-state index is 3.45. The van der Waals surface area contributed by atoms with E-state index in [0.717, 1.165) is 0 Å². The number of hydrogen-bond donors (Lipinski definition) is 1. The Bertz CT molecular complexity index is 336. The fourth-order valence-electron chi connectivity index (χ4n) is 2.70. The number of aryl methyl sites for hydroxylation is 2. The standard InChI is InChI=1S/C12H20N2/c1-12(2)6-5-9-7-14(4)8-10(9)11(12)13-3/h7-8,11,13H,5-6H2,1-4H3. The fraction of sp³-hybridized carbons (Fsp3) is 0.667. The lowest BCUT2D eigenvalue weighted by Gasteiger charge is -2.38. The van der Waals surface area contributed by atoms with Gasteiger partial charge in [0.25, 0.3) is 0 Å². The van der Waals surface area contributed by atoms with Gasteiger partial charge in [0, 0.05) is 25.5 Å². The summed E-state index contributed by atoms with van der Waals surface area (Å²) < 4.78 is 2.18. The maximum Gasteiger partial charge on any atom is 0.0387 e. The van der Waals surface area contributed by atoms with Crippen molar-refractivity contribution >= 4 is 0 Å². The van der Waals surface area contributed by atoms with E-state index < -0.39 is 0 Å². The first-order chi connectivity index (χ1) is 6.54. The third-order valence-corrected chi connectivity index (χ3v) is 3.49. The Labute approximate surface area is 86.3 Å². The van der Waals surface area contributed by atoms with Crippen molar-refractivity contribution in [1.82, 2.24) is 9.88 Å². The smallest absolute Gasteiger partial charge is 0.0387 e. The predicted octanol–water partition coefficient (Wildman–Crippen LogP) is 2.26. The second-order valence-corrected chi connectivity index (χ2v) is 5.11. The average molecular weight is 192 g/mol. The molecule has 0 radical (unpaired) electrons. The molecule has 1 aromatic heterocycles. The van der Waals surface area contributed by atoms with Crippen molar-refractivity contribution < 1.29 is 0 Å². The van der Waals surface area contributed by atoms with Crippen LogP contribution in [0.1, 0.15) is 37.4 Å². The quantitative estimate of drug-likeness (QED) is 0.722. The summed E-state index contributed by atoms with van der Waals surface area (Å²) in [7, 11) is 4.17. The van der Waals surface area contributed by atoms with Gasteiger partial charge < -0.3 is 9.88 Å². The first-order valence-electron chi connectivity index (χ1n) is 5.36. The molecule has 2 rings (SSSR count). The minimum absolute atomic E-state index is 0.378. The number of nitrogens with one attached hydrogen (secondary N) is 1. The molecule has 0 saturated heterocycles. The largest absolute Gasteiger partial charge is 0.357 e. The van der Waals surface area contributed by atoms with Crippen LogP contribution in [0.5, 0.6) is 0 Å². The van der Waals surface area contributed by atoms with Gasteiger partial charge in [-0.3, -0.25) is 0 Å². The number of fused-ring (bicyclic) bond motifs is 1. The van der Waals surface area contributed by atoms with Crippen molar-refractivity contribution in [2.24, 2.45) is 12.5 Å². The van der Waals surface area contributed by atoms with Gasteiger partial charge >= 0.3 is 0 Å². The van der Waals surface area contributed by atoms with Gasteiger partial charge in [-0.2, -0.15) is 0 Å². The van der Waals surface area contributed by atoms with E-state index in [9.17, 15) is 0 Å². The van der Waals surface area contributed by atoms with Gasteiger partial charge in [-0.05, 0) is 36.4 Å². The van der Waals surface area contributed by atoms with Crippen molar-refractivity contribution in [3.8, 4) is 0 Å². The topological polar surface area (TPSA) is 17.0 Å². The van der Waals surface area contributed by atoms with Crippen LogP contribution < -0.4 is 5.32 Å². The van der Waals surface area contributed by atoms with Crippen LogP contribution in [0.4, 0.5) is 0 Å². The molecule has 0 amide bonds. The second-order valence-electron chi connectivity index (χ2n) is 5.11. The van der Waals surface area contributed by atoms with Crippen LogP contribution in [-0.4, -0.2) is 11.6 Å². The molecule has 0 aliphatic heterocycles. The number of hydrogen-bond acceptors (Lipinski definition) is 1. The van der Waals surface area contributed by atoms with E-state index in [2.05, 4.69) is 50.2 Å². The molecule has 1 aliphatic rings. The van der Waals surface area contributed by atoms with Gasteiger partial charge in [0.2, 0.25) is 0 Å². The Kier molecular flexibility index (Phi) is 2.18. The molecule has 78 valence electrons. The molecule has 1 heterocycles. The monoisotopic (exact) mass is 192 g/mol. The Morgan fingerprint density at radius 1 is 1.43 bits per heavy atom. The molecule has 2 nitrogen and oxygen atoms in total. The zero-order chi connectivity index (χ0) is 10.3. The zero-order valence-electron chi connectivity index (χ0n) is 9.59. The minimum Gasteiger partial charge on any atom is -0.357 e. The van der Waals surface area contributed by atoms with E-state index in [1.54, 1.807) is 0 Å². The normalized spacial score (nSPS) is 24.7. The Hall–Kier alpha value is -0.760. The Balaban J connectivity index is 2.44. The van der Waals surface area contributed by atoms with Crippen LogP contribution in [0.2, 0.25) is 0 Å². The van der Waals surface area contributed by atoms with Gasteiger partial charge in [-0.15, -0.1) is 0 Å². The lowest BCUT2D eigenvalue weighted by molar-refractivity contribution is 0.220. The van der Waals surface area contributed by atoms with Gasteiger partial charge in [0.1, 0.15) is 0 Å². The molecule has 1 N–H and O–H groups in total. The van der Waals surface area contributed by atoms with Crippen molar-refractivity contribution in [2.75, 3.05) is 7.05 Å². The highest BCUT2D eigenvalue weighted by Crippen LogP contribution is 2.43. The van der Waals surface area contributed by atoms with Crippen LogP contribution in [-0.2, 0) is 13.5 Å². The number of aromatic nitrogens is 1. The van der Waals surface area contributed by atoms with Crippen LogP contribution in [0.3, 0.4) is 0 Å². The van der Waals surface area contributed by atoms with E-state index in [0.29, 0.717) is 11.5 Å². The molecule has 1 atom stereocenters. The van der Waals surface area contributed by atoms with E-state index in [1.165, 1.54) is 24.0 Å². The highest BCUT2D eigenvalue weighted by Gasteiger charge is 2.35. The molecule has 1 unspecified atom stereocenters. The highest BCUT2D eigenvalue weighted by atomic mass is 14.9. The molecule has 0 bridgehead atoms. The molecule has 0 aromatic carbocycles. The number of rotatable bonds is 1. The van der Waals surface area contributed by atoms with E-state index in [1.807, 2.05) is 0 Å². The fourth-order valence-corrected chi connectivity index (χ4v) is 2.70. The summed E-state index contributed by atoms with van der Waals surface area (Å²) in [4.78, 5) is 0. The summed E-state index contributed by atoms with van der Waals surface area (Å²) in [5.74, 6) is 0. The SMILES string of the molecule is CNC1c2cn(C)cc2CCC1(C)C. The van der Waals surface area contributed by atoms with Gasteiger partial charge in [0.15, 0.2) is 0 Å². The molecular formula is C12H20N2. The highest BCUT2D eigenvalue weighted by molar-refractivity contribution is 5.32. The van der Waals surface area contributed by atoms with Crippen molar-refractivity contribution in [3.63, 3.8) is 0 Å². The van der Waals surface area contributed by atoms with E-state index >= 15 is 0 Å². The van der Waals surface area contributed by atoms with E-state index in [4.69, 9.17) is 0 Å². The summed E-state index contributed by atoms with van der Waals surface area (Å²) in [5.41, 5.74) is 3.39. The third kappa shape index (κ3) is 1.38. The molecule has 2 heteroatoms. The summed E-state index contributed by atoms with van der Waals surface area (Å²) in [6.07, 6.45) is 7.02. The lowest BCUT2D eigenvalue weighted by Crippen LogP contribution is -2.35. The van der Waals surface area contributed by atoms with Crippen molar-refractivity contribution in [1.29, 1.82) is 0 Å². The predicted molar refractivity (Wildman–Crippen MR) is 59.3 cm³/mol. The van der Waals surface area contributed by atoms with Crippen LogP contribution >= 0.6 is 0 Å². The first kappa shape index (κ1) is 9.78. The average Bonchev–Trinajstić information content (AvgIpc) is 2.44. The summed E-state index contributed by atoms with van der Waals surface area (Å²) in [5, 5.41) is 3.45. The first-order valence-corrected chi connectivity index (χ1v) is 5.36. The lowest BCUT2D eigenvalue weighted by atomic mass is 9.71. The van der Waals surface area contributed by atoms with Crippen LogP contribution in [0, 0.1) is 5.41 Å². The summed E-state index contributed by atoms with van der Waals surface area (Å²) >= 11 is 0. The second kappa shape index (κ2) is 3.13. The molecule has 1 aliphatic carbocycles. The molecule has 0 spiro atoms. The number of nitrogens with zero attached hydrogens (tertiary/aromatic N) is 1. The van der Waals surface area contributed by atoms with Crippen molar-refractivity contribution in [3.05, 3.63) is 23.5 Å². The molecule has 0 saturated carbocycles. The summed E-state index contributed by atoms with van der Waals surface area (Å²) in [6.45, 7) is 4.70. The maximum atomic E-state index is 3.45. The van der Waals surface area contributed by atoms with E-state index in [-0.39, 0.29) is 0 Å². The molecule has 14 heavy (non-hydrogen) atoms. The molecular weight excluding hydrogens is 172 g/mol. The molecule has 1 aromatic rings. The van der Waals surface area contributed by atoms with Gasteiger partial charge in [-0.25, -0.2) is 0 Å². The zero-order valence-corrected chi connectivity index (χ0v) is 9.59. The Morgan fingerprint density at radius 2 is 2.14 bits per heavy atom. The van der Waals surface area contributed by atoms with Gasteiger partial charge in [0.05, 0.1) is 0 Å². The third-order valence-electron chi connectivity index (χ3n) is 3.49. The Morgan fingerprint density at radius 3 is 2.79 bits per heavy atom. The van der Waals surface area contributed by atoms with Crippen LogP contribution in [0.15, 0.2) is 12.4 Å². The molecule has 0 fully saturated rings. The summed E-state index contributed by atoms with van der Waals surface area (Å²) in [6, 6.07) is 0.507. The minimum atomic E-state index is 0.378. The van der Waals surface area contributed by atoms with Gasteiger partial charge in [-0.1, -0.05) is 13.8 Å².